The number of aryl methyl sites for hydroxylation is 1. The topological polar surface area (TPSA) is 49.4 Å². The van der Waals surface area contributed by atoms with E-state index in [1.165, 1.54) is 5.56 Å². The molecule has 31 heavy (non-hydrogen) atoms. The second-order valence-corrected chi connectivity index (χ2v) is 8.22. The van der Waals surface area contributed by atoms with Crippen molar-refractivity contribution >= 4 is 23.1 Å². The molecule has 1 N–H and O–H groups in total. The normalized spacial score (nSPS) is 16.5. The Morgan fingerprint density at radius 2 is 1.55 bits per heavy atom. The maximum absolute atomic E-state index is 13.1. The molecule has 4 heteroatoms. The molecule has 4 nitrogen and oxygen atoms in total. The number of ketones is 1. The zero-order chi connectivity index (χ0) is 21.8. The van der Waals surface area contributed by atoms with Crippen LogP contribution in [0, 0.1) is 6.92 Å². The van der Waals surface area contributed by atoms with Crippen molar-refractivity contribution < 1.29 is 9.59 Å². The minimum atomic E-state index is -0.251. The molecule has 0 aromatic heterocycles. The van der Waals surface area contributed by atoms with Crippen molar-refractivity contribution in [3.8, 4) is 0 Å². The number of Topliss-reactive ketones (excluding diaryl/α,β-unsaturated/α-hetero) is 1. The summed E-state index contributed by atoms with van der Waals surface area (Å²) in [5.41, 5.74) is 6.08. The Morgan fingerprint density at radius 3 is 2.23 bits per heavy atom. The van der Waals surface area contributed by atoms with Gasteiger partial charge in [-0.05, 0) is 41.3 Å². The highest BCUT2D eigenvalue weighted by Crippen LogP contribution is 2.37. The molecule has 0 aliphatic carbocycles. The van der Waals surface area contributed by atoms with Gasteiger partial charge in [0.05, 0.1) is 6.54 Å². The van der Waals surface area contributed by atoms with Crippen molar-refractivity contribution in [2.24, 2.45) is 0 Å². The van der Waals surface area contributed by atoms with E-state index in [4.69, 9.17) is 0 Å². The maximum Gasteiger partial charge on any atom is 0.227 e. The molecule has 1 aliphatic rings. The summed E-state index contributed by atoms with van der Waals surface area (Å²) < 4.78 is 0. The number of amides is 1. The molecule has 1 amide bonds. The fraction of sp³-hybridized carbons (Fsp3) is 0.259. The highest BCUT2D eigenvalue weighted by atomic mass is 16.2. The van der Waals surface area contributed by atoms with E-state index in [9.17, 15) is 9.59 Å². The zero-order valence-corrected chi connectivity index (χ0v) is 18.1. The molecule has 0 fully saturated rings. The van der Waals surface area contributed by atoms with Crippen LogP contribution in [-0.4, -0.2) is 11.7 Å². The molecule has 0 radical (unpaired) electrons. The minimum Gasteiger partial charge on any atom is -0.381 e. The van der Waals surface area contributed by atoms with Gasteiger partial charge in [0.2, 0.25) is 5.91 Å². The second kappa shape index (κ2) is 9.17. The van der Waals surface area contributed by atoms with Crippen LogP contribution in [0.3, 0.4) is 0 Å². The summed E-state index contributed by atoms with van der Waals surface area (Å²) in [7, 11) is 0. The van der Waals surface area contributed by atoms with Gasteiger partial charge in [0, 0.05) is 36.7 Å². The van der Waals surface area contributed by atoms with Crippen LogP contribution in [-0.2, 0) is 22.7 Å². The number of anilines is 2. The first kappa shape index (κ1) is 20.9. The van der Waals surface area contributed by atoms with Gasteiger partial charge in [-0.15, -0.1) is 0 Å². The van der Waals surface area contributed by atoms with Crippen molar-refractivity contribution in [3.63, 3.8) is 0 Å². The summed E-state index contributed by atoms with van der Waals surface area (Å²) in [5.74, 6) is -0.138. The first-order valence-electron chi connectivity index (χ1n) is 10.8. The van der Waals surface area contributed by atoms with Crippen LogP contribution in [0.4, 0.5) is 11.4 Å². The largest absolute Gasteiger partial charge is 0.381 e. The number of benzene rings is 3. The molecule has 0 saturated carbocycles. The molecular formula is C27H28N2O2. The van der Waals surface area contributed by atoms with Gasteiger partial charge in [0.1, 0.15) is 5.78 Å². The summed E-state index contributed by atoms with van der Waals surface area (Å²) in [4.78, 5) is 27.6. The van der Waals surface area contributed by atoms with Crippen LogP contribution in [0.25, 0.3) is 0 Å². The Bertz CT molecular complexity index is 1080. The molecule has 1 unspecified atom stereocenters. The van der Waals surface area contributed by atoms with Gasteiger partial charge in [-0.25, -0.2) is 0 Å². The number of nitrogens with one attached hydrogen (secondary N) is 1. The molecule has 3 aromatic rings. The van der Waals surface area contributed by atoms with Crippen LogP contribution in [0.15, 0.2) is 72.8 Å². The fourth-order valence-corrected chi connectivity index (χ4v) is 4.10. The van der Waals surface area contributed by atoms with E-state index >= 15 is 0 Å². The number of hydrogen-bond donors (Lipinski definition) is 1. The van der Waals surface area contributed by atoms with Gasteiger partial charge >= 0.3 is 0 Å². The predicted molar refractivity (Wildman–Crippen MR) is 125 cm³/mol. The Morgan fingerprint density at radius 1 is 0.903 bits per heavy atom. The SMILES string of the molecule is Cc1cc2c(cc1NCc1ccccc1)C(C)C(=O)CCC(=O)N2Cc1ccccc1. The number of carbonyl (C=O) groups is 2. The minimum absolute atomic E-state index is 0.00486. The standard InChI is InChI=1S/C27H28N2O2/c1-19-15-25-23(16-24(19)28-17-21-9-5-3-6-10-21)20(2)26(30)13-14-27(31)29(25)18-22-11-7-4-8-12-22/h3-12,15-16,20,28H,13-14,17-18H2,1-2H3. The van der Waals surface area contributed by atoms with E-state index in [0.29, 0.717) is 13.1 Å². The number of nitrogens with zero attached hydrogens (tertiary/aromatic N) is 1. The third-order valence-electron chi connectivity index (χ3n) is 6.01. The van der Waals surface area contributed by atoms with E-state index in [-0.39, 0.29) is 30.4 Å². The van der Waals surface area contributed by atoms with Crippen molar-refractivity contribution in [2.75, 3.05) is 10.2 Å². The Hall–Kier alpha value is -3.40. The third-order valence-corrected chi connectivity index (χ3v) is 6.01. The highest BCUT2D eigenvalue weighted by Gasteiger charge is 2.29. The van der Waals surface area contributed by atoms with Crippen molar-refractivity contribution in [1.82, 2.24) is 0 Å². The lowest BCUT2D eigenvalue weighted by Crippen LogP contribution is -2.34. The fourth-order valence-electron chi connectivity index (χ4n) is 4.10. The van der Waals surface area contributed by atoms with Gasteiger partial charge in [0.15, 0.2) is 0 Å². The third kappa shape index (κ3) is 4.69. The van der Waals surface area contributed by atoms with Crippen LogP contribution in [0.1, 0.15) is 47.9 Å². The van der Waals surface area contributed by atoms with Gasteiger partial charge in [-0.3, -0.25) is 9.59 Å². The number of carbonyl (C=O) groups excluding carboxylic acids is 2. The molecule has 4 rings (SSSR count). The van der Waals surface area contributed by atoms with Gasteiger partial charge in [0.25, 0.3) is 0 Å². The van der Waals surface area contributed by atoms with E-state index < -0.39 is 0 Å². The zero-order valence-electron chi connectivity index (χ0n) is 18.1. The van der Waals surface area contributed by atoms with Crippen molar-refractivity contribution in [1.29, 1.82) is 0 Å². The number of hydrogen-bond acceptors (Lipinski definition) is 3. The van der Waals surface area contributed by atoms with Crippen LogP contribution in [0.5, 0.6) is 0 Å². The average molecular weight is 413 g/mol. The Kier molecular flexibility index (Phi) is 6.17. The van der Waals surface area contributed by atoms with Gasteiger partial charge in [-0.2, -0.15) is 0 Å². The lowest BCUT2D eigenvalue weighted by Gasteiger charge is -2.31. The van der Waals surface area contributed by atoms with E-state index in [0.717, 1.165) is 28.1 Å². The predicted octanol–water partition coefficient (Wildman–Crippen LogP) is 5.61. The summed E-state index contributed by atoms with van der Waals surface area (Å²) in [6, 6.07) is 24.4. The van der Waals surface area contributed by atoms with E-state index in [1.807, 2.05) is 67.3 Å². The summed E-state index contributed by atoms with van der Waals surface area (Å²) in [6.45, 7) is 5.21. The summed E-state index contributed by atoms with van der Waals surface area (Å²) in [5, 5.41) is 3.51. The lowest BCUT2D eigenvalue weighted by atomic mass is 9.88. The Balaban J connectivity index is 1.72. The molecule has 1 aliphatic heterocycles. The summed E-state index contributed by atoms with van der Waals surface area (Å²) >= 11 is 0. The van der Waals surface area contributed by atoms with Crippen LogP contribution < -0.4 is 10.2 Å². The summed E-state index contributed by atoms with van der Waals surface area (Å²) in [6.07, 6.45) is 0.536. The average Bonchev–Trinajstić information content (AvgIpc) is 2.80. The first-order valence-corrected chi connectivity index (χ1v) is 10.8. The Labute approximate surface area is 183 Å². The molecule has 158 valence electrons. The highest BCUT2D eigenvalue weighted by molar-refractivity contribution is 6.01. The van der Waals surface area contributed by atoms with E-state index in [2.05, 4.69) is 29.6 Å². The number of rotatable bonds is 5. The van der Waals surface area contributed by atoms with Crippen LogP contribution in [0.2, 0.25) is 0 Å². The smallest absolute Gasteiger partial charge is 0.227 e. The maximum atomic E-state index is 13.1. The monoisotopic (exact) mass is 412 g/mol. The van der Waals surface area contributed by atoms with Crippen molar-refractivity contribution in [2.45, 2.75) is 45.7 Å². The molecule has 1 atom stereocenters. The molecule has 1 heterocycles. The van der Waals surface area contributed by atoms with Crippen LogP contribution >= 0.6 is 0 Å². The quantitative estimate of drug-likeness (QED) is 0.593. The molecule has 0 saturated heterocycles. The molecule has 0 spiro atoms. The van der Waals surface area contributed by atoms with Gasteiger partial charge < -0.3 is 10.2 Å². The lowest BCUT2D eigenvalue weighted by molar-refractivity contribution is -0.125. The molecule has 3 aromatic carbocycles. The van der Waals surface area contributed by atoms with Gasteiger partial charge in [-0.1, -0.05) is 67.6 Å². The first-order chi connectivity index (χ1) is 15.0. The second-order valence-electron chi connectivity index (χ2n) is 8.22. The molecule has 0 bridgehead atoms. The number of fused-ring (bicyclic) bond motifs is 1. The van der Waals surface area contributed by atoms with Crippen molar-refractivity contribution in [3.05, 3.63) is 95.1 Å². The van der Waals surface area contributed by atoms with E-state index in [1.54, 1.807) is 0 Å². The molecular weight excluding hydrogens is 384 g/mol.